The van der Waals surface area contributed by atoms with E-state index < -0.39 is 0 Å². The highest BCUT2D eigenvalue weighted by Gasteiger charge is 2.23. The van der Waals surface area contributed by atoms with E-state index in [4.69, 9.17) is 4.74 Å². The molecule has 0 N–H and O–H groups in total. The molecular formula is C19H30N2O. The maximum absolute atomic E-state index is 5.49. The molecule has 3 nitrogen and oxygen atoms in total. The number of nitrogens with zero attached hydrogens (tertiary/aromatic N) is 2. The predicted octanol–water partition coefficient (Wildman–Crippen LogP) is 2.80. The molecule has 2 aliphatic rings. The smallest absolute Gasteiger partial charge is 0.0594 e. The molecule has 0 saturated carbocycles. The Kier molecular flexibility index (Phi) is 4.58. The standard InChI is InChI=1S/C19H30N2O/c1-19(2,3)17-11-15-13-20(4)6-5-18(15)16(12-17)14-21-7-9-22-10-8-21/h11-12H,5-10,13-14H2,1-4H3. The zero-order valence-electron chi connectivity index (χ0n) is 14.6. The molecule has 0 aromatic heterocycles. The second-order valence-corrected chi connectivity index (χ2v) is 7.90. The molecule has 0 aliphatic carbocycles. The molecule has 2 aliphatic heterocycles. The lowest BCUT2D eigenvalue weighted by Crippen LogP contribution is -2.36. The first-order valence-electron chi connectivity index (χ1n) is 8.57. The molecule has 22 heavy (non-hydrogen) atoms. The van der Waals surface area contributed by atoms with E-state index in [1.54, 1.807) is 16.7 Å². The first-order chi connectivity index (χ1) is 10.4. The molecule has 3 heteroatoms. The Hall–Kier alpha value is -0.900. The van der Waals surface area contributed by atoms with E-state index in [1.165, 1.54) is 18.5 Å². The molecule has 1 fully saturated rings. The Morgan fingerprint density at radius 2 is 1.82 bits per heavy atom. The Morgan fingerprint density at radius 1 is 1.09 bits per heavy atom. The fourth-order valence-electron chi connectivity index (χ4n) is 3.51. The highest BCUT2D eigenvalue weighted by atomic mass is 16.5. The molecule has 0 amide bonds. The third kappa shape index (κ3) is 3.53. The van der Waals surface area contributed by atoms with Crippen LogP contribution in [0.4, 0.5) is 0 Å². The van der Waals surface area contributed by atoms with E-state index in [9.17, 15) is 0 Å². The van der Waals surface area contributed by atoms with E-state index in [0.29, 0.717) is 0 Å². The van der Waals surface area contributed by atoms with Gasteiger partial charge in [0.05, 0.1) is 13.2 Å². The van der Waals surface area contributed by atoms with Gasteiger partial charge in [-0.25, -0.2) is 0 Å². The van der Waals surface area contributed by atoms with E-state index >= 15 is 0 Å². The van der Waals surface area contributed by atoms with Gasteiger partial charge in [-0.05, 0) is 41.1 Å². The summed E-state index contributed by atoms with van der Waals surface area (Å²) in [6.45, 7) is 14.2. The Labute approximate surface area is 135 Å². The van der Waals surface area contributed by atoms with Gasteiger partial charge in [0.25, 0.3) is 0 Å². The summed E-state index contributed by atoms with van der Waals surface area (Å²) in [5.41, 5.74) is 6.40. The van der Waals surface area contributed by atoms with Crippen LogP contribution in [0.15, 0.2) is 12.1 Å². The first-order valence-corrected chi connectivity index (χ1v) is 8.57. The molecule has 0 unspecified atom stereocenters. The molecule has 1 aromatic carbocycles. The molecule has 1 aromatic rings. The summed E-state index contributed by atoms with van der Waals surface area (Å²) in [5.74, 6) is 0. The molecule has 0 radical (unpaired) electrons. The Morgan fingerprint density at radius 3 is 2.50 bits per heavy atom. The number of ether oxygens (including phenoxy) is 1. The summed E-state index contributed by atoms with van der Waals surface area (Å²) < 4.78 is 5.49. The number of likely N-dealkylation sites (N-methyl/N-ethyl adjacent to an activating group) is 1. The van der Waals surface area contributed by atoms with Crippen LogP contribution < -0.4 is 0 Å². The summed E-state index contributed by atoms with van der Waals surface area (Å²) in [4.78, 5) is 4.98. The number of rotatable bonds is 2. The molecule has 2 heterocycles. The van der Waals surface area contributed by atoms with E-state index in [2.05, 4.69) is 49.8 Å². The number of morpholine rings is 1. The fraction of sp³-hybridized carbons (Fsp3) is 0.684. The highest BCUT2D eigenvalue weighted by Crippen LogP contribution is 2.31. The lowest BCUT2D eigenvalue weighted by molar-refractivity contribution is 0.0340. The van der Waals surface area contributed by atoms with Crippen LogP contribution in [0.1, 0.15) is 43.0 Å². The first kappa shape index (κ1) is 16.0. The van der Waals surface area contributed by atoms with E-state index in [1.807, 2.05) is 0 Å². The summed E-state index contributed by atoms with van der Waals surface area (Å²) in [7, 11) is 2.23. The minimum Gasteiger partial charge on any atom is -0.379 e. The number of hydrogen-bond donors (Lipinski definition) is 0. The predicted molar refractivity (Wildman–Crippen MR) is 91.3 cm³/mol. The van der Waals surface area contributed by atoms with Crippen molar-refractivity contribution in [1.29, 1.82) is 0 Å². The van der Waals surface area contributed by atoms with Gasteiger partial charge in [0.1, 0.15) is 0 Å². The number of fused-ring (bicyclic) bond motifs is 1. The van der Waals surface area contributed by atoms with Gasteiger partial charge in [-0.1, -0.05) is 32.9 Å². The van der Waals surface area contributed by atoms with Gasteiger partial charge in [0.15, 0.2) is 0 Å². The second kappa shape index (κ2) is 6.31. The fourth-order valence-corrected chi connectivity index (χ4v) is 3.51. The summed E-state index contributed by atoms with van der Waals surface area (Å²) in [6.07, 6.45) is 1.19. The van der Waals surface area contributed by atoms with Crippen LogP contribution in [-0.4, -0.2) is 49.7 Å². The average molecular weight is 302 g/mol. The Balaban J connectivity index is 1.93. The normalized spacial score (nSPS) is 20.9. The molecule has 122 valence electrons. The summed E-state index contributed by atoms with van der Waals surface area (Å²) in [5, 5.41) is 0. The van der Waals surface area contributed by atoms with Crippen LogP contribution in [-0.2, 0) is 29.7 Å². The molecule has 0 atom stereocenters. The van der Waals surface area contributed by atoms with Crippen LogP contribution in [0.2, 0.25) is 0 Å². The lowest BCUT2D eigenvalue weighted by Gasteiger charge is -2.33. The quantitative estimate of drug-likeness (QED) is 0.835. The average Bonchev–Trinajstić information content (AvgIpc) is 2.46. The van der Waals surface area contributed by atoms with Crippen LogP contribution in [0, 0.1) is 0 Å². The van der Waals surface area contributed by atoms with E-state index in [-0.39, 0.29) is 5.41 Å². The van der Waals surface area contributed by atoms with Crippen molar-refractivity contribution in [1.82, 2.24) is 9.80 Å². The van der Waals surface area contributed by atoms with Gasteiger partial charge in [-0.2, -0.15) is 0 Å². The third-order valence-corrected chi connectivity index (χ3v) is 4.98. The summed E-state index contributed by atoms with van der Waals surface area (Å²) >= 11 is 0. The summed E-state index contributed by atoms with van der Waals surface area (Å²) in [6, 6.07) is 4.92. The minimum atomic E-state index is 0.213. The zero-order valence-corrected chi connectivity index (χ0v) is 14.6. The van der Waals surface area contributed by atoms with Crippen molar-refractivity contribution in [2.45, 2.75) is 45.7 Å². The minimum absolute atomic E-state index is 0.213. The van der Waals surface area contributed by atoms with Crippen molar-refractivity contribution < 1.29 is 4.74 Å². The van der Waals surface area contributed by atoms with Crippen LogP contribution in [0.25, 0.3) is 0 Å². The molecule has 0 spiro atoms. The van der Waals surface area contributed by atoms with Crippen molar-refractivity contribution >= 4 is 0 Å². The molecule has 0 bridgehead atoms. The topological polar surface area (TPSA) is 15.7 Å². The van der Waals surface area contributed by atoms with Gasteiger partial charge < -0.3 is 9.64 Å². The SMILES string of the molecule is CN1CCc2c(cc(C(C)(C)C)cc2CN2CCOCC2)C1. The van der Waals surface area contributed by atoms with Crippen molar-refractivity contribution in [2.75, 3.05) is 39.9 Å². The monoisotopic (exact) mass is 302 g/mol. The second-order valence-electron chi connectivity index (χ2n) is 7.90. The van der Waals surface area contributed by atoms with Crippen molar-refractivity contribution in [2.24, 2.45) is 0 Å². The van der Waals surface area contributed by atoms with E-state index in [0.717, 1.165) is 39.4 Å². The third-order valence-electron chi connectivity index (χ3n) is 4.98. The maximum atomic E-state index is 5.49. The largest absolute Gasteiger partial charge is 0.379 e. The van der Waals surface area contributed by atoms with Crippen molar-refractivity contribution in [3.63, 3.8) is 0 Å². The highest BCUT2D eigenvalue weighted by molar-refractivity contribution is 5.43. The van der Waals surface area contributed by atoms with Gasteiger partial charge in [-0.15, -0.1) is 0 Å². The van der Waals surface area contributed by atoms with Gasteiger partial charge in [0, 0.05) is 32.7 Å². The number of hydrogen-bond acceptors (Lipinski definition) is 3. The molecular weight excluding hydrogens is 272 g/mol. The Bertz CT molecular complexity index is 527. The molecule has 3 rings (SSSR count). The van der Waals surface area contributed by atoms with Gasteiger partial charge >= 0.3 is 0 Å². The zero-order chi connectivity index (χ0) is 15.7. The number of benzene rings is 1. The molecule has 1 saturated heterocycles. The van der Waals surface area contributed by atoms with Crippen LogP contribution in [0.3, 0.4) is 0 Å². The van der Waals surface area contributed by atoms with Gasteiger partial charge in [-0.3, -0.25) is 4.90 Å². The van der Waals surface area contributed by atoms with Gasteiger partial charge in [0.2, 0.25) is 0 Å². The lowest BCUT2D eigenvalue weighted by atomic mass is 9.82. The van der Waals surface area contributed by atoms with Crippen molar-refractivity contribution in [3.05, 3.63) is 34.4 Å². The van der Waals surface area contributed by atoms with Crippen LogP contribution >= 0.6 is 0 Å². The van der Waals surface area contributed by atoms with Crippen LogP contribution in [0.5, 0.6) is 0 Å². The maximum Gasteiger partial charge on any atom is 0.0594 e. The van der Waals surface area contributed by atoms with Crippen molar-refractivity contribution in [3.8, 4) is 0 Å².